The molecule has 1 amide bonds. The average molecular weight is 549 g/mol. The maximum atomic E-state index is 13.2. The number of nitrogens with one attached hydrogen (secondary N) is 1. The second kappa shape index (κ2) is 10.9. The van der Waals surface area contributed by atoms with E-state index in [1.54, 1.807) is 61.5 Å². The van der Waals surface area contributed by atoms with Crippen LogP contribution in [-0.2, 0) is 9.63 Å². The first-order valence-electron chi connectivity index (χ1n) is 12.7. The molecule has 1 saturated carbocycles. The molecule has 0 bridgehead atoms. The zero-order chi connectivity index (χ0) is 27.6. The van der Waals surface area contributed by atoms with Crippen molar-refractivity contribution in [2.45, 2.75) is 39.0 Å². The van der Waals surface area contributed by atoms with Gasteiger partial charge in [0.2, 0.25) is 0 Å². The van der Waals surface area contributed by atoms with Crippen LogP contribution in [-0.4, -0.2) is 40.9 Å². The van der Waals surface area contributed by atoms with E-state index >= 15 is 0 Å². The molecule has 1 aliphatic rings. The fraction of sp³-hybridized carbons (Fsp3) is 0.310. The van der Waals surface area contributed by atoms with E-state index in [2.05, 4.69) is 15.6 Å². The van der Waals surface area contributed by atoms with E-state index in [9.17, 15) is 9.59 Å². The van der Waals surface area contributed by atoms with Crippen LogP contribution in [0, 0.1) is 5.41 Å². The van der Waals surface area contributed by atoms with Crippen LogP contribution >= 0.6 is 11.6 Å². The minimum atomic E-state index is -0.655. The van der Waals surface area contributed by atoms with Gasteiger partial charge in [0, 0.05) is 16.6 Å². The molecule has 1 aliphatic carbocycles. The van der Waals surface area contributed by atoms with Gasteiger partial charge in [-0.1, -0.05) is 36.9 Å². The number of hydrogen-bond donors (Lipinski definition) is 1. The number of ether oxygens (including phenoxy) is 2. The molecule has 1 fully saturated rings. The van der Waals surface area contributed by atoms with Crippen LogP contribution in [0.3, 0.4) is 0 Å². The minimum absolute atomic E-state index is 0.0403. The number of rotatable bonds is 6. The number of halogens is 1. The molecule has 39 heavy (non-hydrogen) atoms. The van der Waals surface area contributed by atoms with Crippen molar-refractivity contribution in [1.82, 2.24) is 20.2 Å². The number of pyridine rings is 1. The highest BCUT2D eigenvalue weighted by atomic mass is 35.5. The molecule has 0 unspecified atom stereocenters. The van der Waals surface area contributed by atoms with Gasteiger partial charge in [-0.15, -0.1) is 0 Å². The summed E-state index contributed by atoms with van der Waals surface area (Å²) in [7, 11) is 3.11. The molecule has 1 N–H and O–H groups in total. The first-order chi connectivity index (χ1) is 18.8. The Morgan fingerprint density at radius 2 is 1.72 bits per heavy atom. The maximum Gasteiger partial charge on any atom is 0.338 e. The van der Waals surface area contributed by atoms with Gasteiger partial charge >= 0.3 is 11.9 Å². The van der Waals surface area contributed by atoms with Gasteiger partial charge in [0.25, 0.3) is 0 Å². The lowest BCUT2D eigenvalue weighted by atomic mass is 9.76. The largest absolute Gasteiger partial charge is 0.496 e. The molecule has 0 radical (unpaired) electrons. The summed E-state index contributed by atoms with van der Waals surface area (Å²) < 4.78 is 12.9. The molecule has 0 saturated heterocycles. The number of amides is 1. The molecular weight excluding hydrogens is 520 g/mol. The number of carbonyl (C=O) groups excluding carboxylic acids is 2. The third-order valence-electron chi connectivity index (χ3n) is 7.22. The third-order valence-corrected chi connectivity index (χ3v) is 7.46. The van der Waals surface area contributed by atoms with Crippen LogP contribution in [0.2, 0.25) is 5.02 Å². The molecule has 5 rings (SSSR count). The quantitative estimate of drug-likeness (QED) is 0.298. The molecule has 9 nitrogen and oxygen atoms in total. The van der Waals surface area contributed by atoms with Gasteiger partial charge < -0.3 is 14.3 Å². The topological polar surface area (TPSA) is 105 Å². The second-order valence-corrected chi connectivity index (χ2v) is 10.2. The Morgan fingerprint density at radius 1 is 1.00 bits per heavy atom. The van der Waals surface area contributed by atoms with Gasteiger partial charge in [-0.25, -0.2) is 9.48 Å². The summed E-state index contributed by atoms with van der Waals surface area (Å²) in [6.45, 7) is 1.88. The lowest BCUT2D eigenvalue weighted by Gasteiger charge is -2.30. The van der Waals surface area contributed by atoms with Crippen LogP contribution in [0.4, 0.5) is 0 Å². The maximum absolute atomic E-state index is 13.2. The van der Waals surface area contributed by atoms with E-state index in [0.29, 0.717) is 39.0 Å². The first kappa shape index (κ1) is 26.5. The molecule has 4 aromatic rings. The summed E-state index contributed by atoms with van der Waals surface area (Å²) in [6.07, 6.45) is 6.11. The van der Waals surface area contributed by atoms with Crippen molar-refractivity contribution in [2.24, 2.45) is 5.41 Å². The second-order valence-electron chi connectivity index (χ2n) is 9.80. The summed E-state index contributed by atoms with van der Waals surface area (Å²) in [5.41, 5.74) is 4.18. The highest BCUT2D eigenvalue weighted by Crippen LogP contribution is 2.40. The SMILES string of the molecule is COc1cccc(OC)c1-c1cc(C(=O)NOC(=O)C2(C)CCCCC2)nn1-c1ccnc2cc(Cl)ccc12. The number of nitrogens with zero attached hydrogens (tertiary/aromatic N) is 3. The van der Waals surface area contributed by atoms with Crippen molar-refractivity contribution in [3.63, 3.8) is 0 Å². The number of aromatic nitrogens is 3. The van der Waals surface area contributed by atoms with Gasteiger partial charge in [0.05, 0.1) is 42.1 Å². The number of hydrogen-bond acceptors (Lipinski definition) is 7. The highest BCUT2D eigenvalue weighted by molar-refractivity contribution is 6.31. The van der Waals surface area contributed by atoms with E-state index in [1.807, 2.05) is 19.1 Å². The first-order valence-corrected chi connectivity index (χ1v) is 13.1. The molecule has 0 spiro atoms. The molecule has 2 heterocycles. The van der Waals surface area contributed by atoms with Crippen LogP contribution in [0.1, 0.15) is 49.5 Å². The van der Waals surface area contributed by atoms with Crippen molar-refractivity contribution < 1.29 is 23.9 Å². The van der Waals surface area contributed by atoms with Gasteiger partial charge in [-0.05, 0) is 62.2 Å². The Bertz CT molecular complexity index is 1520. The normalized spacial score (nSPS) is 14.6. The number of hydroxylamine groups is 1. The minimum Gasteiger partial charge on any atom is -0.496 e. The van der Waals surface area contributed by atoms with Crippen LogP contribution in [0.15, 0.2) is 54.7 Å². The van der Waals surface area contributed by atoms with E-state index in [-0.39, 0.29) is 5.69 Å². The summed E-state index contributed by atoms with van der Waals surface area (Å²) in [5, 5.41) is 5.95. The number of methoxy groups -OCH3 is 2. The zero-order valence-electron chi connectivity index (χ0n) is 22.0. The zero-order valence-corrected chi connectivity index (χ0v) is 22.7. The smallest absolute Gasteiger partial charge is 0.338 e. The molecule has 0 aliphatic heterocycles. The van der Waals surface area contributed by atoms with E-state index in [0.717, 1.165) is 37.5 Å². The fourth-order valence-corrected chi connectivity index (χ4v) is 5.22. The monoisotopic (exact) mass is 548 g/mol. The Kier molecular flexibility index (Phi) is 7.43. The fourth-order valence-electron chi connectivity index (χ4n) is 5.05. The van der Waals surface area contributed by atoms with Crippen LogP contribution in [0.5, 0.6) is 11.5 Å². The van der Waals surface area contributed by atoms with Gasteiger partial charge in [-0.3, -0.25) is 9.78 Å². The van der Waals surface area contributed by atoms with Gasteiger partial charge in [0.15, 0.2) is 5.69 Å². The Hall–Kier alpha value is -4.11. The molecule has 0 atom stereocenters. The standard InChI is InChI=1S/C29H29ClN4O5/c1-29(13-5-4-6-14-29)28(36)39-33-27(35)21-17-23(26-24(37-2)8-7-9-25(26)38-3)34(32-21)22-12-15-31-20-16-18(30)10-11-19(20)22/h7-12,15-17H,4-6,13-14H2,1-3H3,(H,33,35). The Balaban J connectivity index is 1.58. The Labute approximate surface area is 231 Å². The summed E-state index contributed by atoms with van der Waals surface area (Å²) >= 11 is 6.21. The average Bonchev–Trinajstić information content (AvgIpc) is 3.40. The predicted molar refractivity (Wildman–Crippen MR) is 147 cm³/mol. The number of benzene rings is 2. The van der Waals surface area contributed by atoms with Crippen molar-refractivity contribution in [2.75, 3.05) is 14.2 Å². The van der Waals surface area contributed by atoms with Crippen molar-refractivity contribution in [1.29, 1.82) is 0 Å². The third kappa shape index (κ3) is 5.14. The van der Waals surface area contributed by atoms with Gasteiger partial charge in [0.1, 0.15) is 11.5 Å². The lowest BCUT2D eigenvalue weighted by Crippen LogP contribution is -2.37. The van der Waals surface area contributed by atoms with Gasteiger partial charge in [-0.2, -0.15) is 10.6 Å². The summed E-state index contributed by atoms with van der Waals surface area (Å²) in [5.74, 6) is -0.0438. The predicted octanol–water partition coefficient (Wildman–Crippen LogP) is 5.92. The van der Waals surface area contributed by atoms with Crippen LogP contribution in [0.25, 0.3) is 27.8 Å². The van der Waals surface area contributed by atoms with E-state index < -0.39 is 17.3 Å². The lowest BCUT2D eigenvalue weighted by molar-refractivity contribution is -0.162. The number of fused-ring (bicyclic) bond motifs is 1. The van der Waals surface area contributed by atoms with E-state index in [1.165, 1.54) is 0 Å². The van der Waals surface area contributed by atoms with Crippen molar-refractivity contribution in [3.05, 3.63) is 65.4 Å². The summed E-state index contributed by atoms with van der Waals surface area (Å²) in [6, 6.07) is 14.2. The van der Waals surface area contributed by atoms with Crippen molar-refractivity contribution in [3.8, 4) is 28.4 Å². The molecular formula is C29H29ClN4O5. The van der Waals surface area contributed by atoms with Crippen LogP contribution < -0.4 is 15.0 Å². The van der Waals surface area contributed by atoms with E-state index in [4.69, 9.17) is 25.9 Å². The summed E-state index contributed by atoms with van der Waals surface area (Å²) in [4.78, 5) is 35.7. The highest BCUT2D eigenvalue weighted by Gasteiger charge is 2.37. The molecule has 202 valence electrons. The number of carbonyl (C=O) groups is 2. The van der Waals surface area contributed by atoms with Crippen molar-refractivity contribution >= 4 is 34.4 Å². The molecule has 10 heteroatoms. The Morgan fingerprint density at radius 3 is 2.41 bits per heavy atom. The molecule has 2 aromatic heterocycles. The molecule has 2 aromatic carbocycles.